The van der Waals surface area contributed by atoms with E-state index in [1.54, 1.807) is 12.2 Å². The number of carbonyl (C=O) groups is 1. The molecule has 0 bridgehead atoms. The lowest BCUT2D eigenvalue weighted by Crippen LogP contribution is -2.55. The lowest BCUT2D eigenvalue weighted by molar-refractivity contribution is -0.915. The summed E-state index contributed by atoms with van der Waals surface area (Å²) in [6, 6.07) is 0. The Hall–Kier alpha value is -1.53. The lowest BCUT2D eigenvalue weighted by atomic mass is 10.1. The molecule has 0 amide bonds. The summed E-state index contributed by atoms with van der Waals surface area (Å²) in [5.74, 6) is -0.778. The average Bonchev–Trinajstić information content (AvgIpc) is 2.55. The Labute approximate surface area is 158 Å². The highest BCUT2D eigenvalue weighted by molar-refractivity contribution is 5.68. The van der Waals surface area contributed by atoms with Crippen LogP contribution in [-0.2, 0) is 4.79 Å². The molecule has 0 spiro atoms. The molecule has 6 nitrogen and oxygen atoms in total. The number of quaternary nitrogens is 1. The number of hydrogen-bond donors (Lipinski definition) is 4. The molecule has 6 heteroatoms. The normalized spacial score (nSPS) is 15.0. The fourth-order valence-electron chi connectivity index (χ4n) is 3.05. The Bertz CT molecular complexity index is 417. The maximum atomic E-state index is 11.4. The van der Waals surface area contributed by atoms with Gasteiger partial charge in [0.2, 0.25) is 0 Å². The van der Waals surface area contributed by atoms with Gasteiger partial charge in [0, 0.05) is 0 Å². The number of aliphatic carboxylic acids is 1. The number of unbranched alkanes of at least 4 members (excludes halogenated alkanes) is 6. The SMILES string of the molecule is CCCCC/C=C(\O)C[N+](CCO)(CC(=O)O)C/C(O)=C/CCCCC. The molecule has 0 aliphatic rings. The number of carboxylic acids is 1. The van der Waals surface area contributed by atoms with E-state index in [0.717, 1.165) is 51.4 Å². The summed E-state index contributed by atoms with van der Waals surface area (Å²) in [5, 5.41) is 39.2. The molecule has 0 saturated carbocycles. The molecule has 0 aromatic rings. The number of aliphatic hydroxyl groups is 3. The first-order valence-electron chi connectivity index (χ1n) is 9.82. The van der Waals surface area contributed by atoms with Crippen LogP contribution in [0, 0.1) is 0 Å². The number of carboxylic acid groups (broad SMARTS) is 1. The van der Waals surface area contributed by atoms with Gasteiger partial charge in [-0.05, 0) is 37.8 Å². The summed E-state index contributed by atoms with van der Waals surface area (Å²) in [5.41, 5.74) is 0. The Balaban J connectivity index is 5.10. The van der Waals surface area contributed by atoms with Crippen molar-refractivity contribution < 1.29 is 29.7 Å². The fraction of sp³-hybridized carbons (Fsp3) is 0.750. The predicted octanol–water partition coefficient (Wildman–Crippen LogP) is 3.92. The van der Waals surface area contributed by atoms with E-state index in [4.69, 9.17) is 0 Å². The molecule has 26 heavy (non-hydrogen) atoms. The van der Waals surface area contributed by atoms with Crippen LogP contribution in [0.15, 0.2) is 23.7 Å². The number of hydrogen-bond acceptors (Lipinski definition) is 4. The fourth-order valence-corrected chi connectivity index (χ4v) is 3.05. The van der Waals surface area contributed by atoms with Gasteiger partial charge < -0.3 is 20.4 Å². The van der Waals surface area contributed by atoms with Crippen molar-refractivity contribution in [1.29, 1.82) is 0 Å². The van der Waals surface area contributed by atoms with Crippen LogP contribution in [-0.4, -0.2) is 63.7 Å². The number of aliphatic hydroxyl groups excluding tert-OH is 3. The first-order chi connectivity index (χ1) is 12.4. The third kappa shape index (κ3) is 11.9. The van der Waals surface area contributed by atoms with E-state index < -0.39 is 5.97 Å². The van der Waals surface area contributed by atoms with Crippen molar-refractivity contribution in [3.63, 3.8) is 0 Å². The molecular formula is C20H38NO5+. The largest absolute Gasteiger partial charge is 0.507 e. The van der Waals surface area contributed by atoms with Crippen LogP contribution in [0.25, 0.3) is 0 Å². The van der Waals surface area contributed by atoms with E-state index in [1.165, 1.54) is 0 Å². The maximum absolute atomic E-state index is 11.4. The standard InChI is InChI=1S/C20H37NO5/c1-3-5-7-9-11-18(23)15-21(13-14-22,17-20(25)26)16-19(24)12-10-8-6-4-2/h11-12,22H,3-10,13-17H2,1-2H3,(H2-,23,24,25,26)/p+1/b18-11-,19-12-. The van der Waals surface area contributed by atoms with Gasteiger partial charge in [-0.25, -0.2) is 4.79 Å². The van der Waals surface area contributed by atoms with Gasteiger partial charge >= 0.3 is 5.97 Å². The van der Waals surface area contributed by atoms with Gasteiger partial charge in [-0.15, -0.1) is 0 Å². The monoisotopic (exact) mass is 372 g/mol. The molecule has 0 saturated heterocycles. The molecule has 0 atom stereocenters. The Kier molecular flexibility index (Phi) is 13.8. The Morgan fingerprint density at radius 1 is 0.808 bits per heavy atom. The molecule has 0 aliphatic carbocycles. The van der Waals surface area contributed by atoms with Gasteiger partial charge in [-0.2, -0.15) is 0 Å². The van der Waals surface area contributed by atoms with E-state index in [2.05, 4.69) is 13.8 Å². The minimum absolute atomic E-state index is 0.0891. The van der Waals surface area contributed by atoms with E-state index in [1.807, 2.05) is 0 Å². The van der Waals surface area contributed by atoms with Gasteiger partial charge in [0.25, 0.3) is 0 Å². The Morgan fingerprint density at radius 2 is 1.27 bits per heavy atom. The van der Waals surface area contributed by atoms with Crippen LogP contribution in [0.3, 0.4) is 0 Å². The third-order valence-electron chi connectivity index (χ3n) is 4.42. The number of allylic oxidation sites excluding steroid dienone is 2. The quantitative estimate of drug-likeness (QED) is 0.187. The summed E-state index contributed by atoms with van der Waals surface area (Å²) in [6.45, 7) is 4.08. The van der Waals surface area contributed by atoms with Crippen LogP contribution in [0.2, 0.25) is 0 Å². The van der Waals surface area contributed by atoms with Crippen molar-refractivity contribution >= 4 is 5.97 Å². The van der Waals surface area contributed by atoms with Gasteiger partial charge in [-0.3, -0.25) is 4.48 Å². The summed E-state index contributed by atoms with van der Waals surface area (Å²) < 4.78 is -0.0992. The van der Waals surface area contributed by atoms with Gasteiger partial charge in [0.1, 0.15) is 31.2 Å². The molecule has 0 heterocycles. The molecule has 152 valence electrons. The molecule has 0 rings (SSSR count). The highest BCUT2D eigenvalue weighted by atomic mass is 16.4. The zero-order valence-corrected chi connectivity index (χ0v) is 16.5. The summed E-state index contributed by atoms with van der Waals surface area (Å²) in [7, 11) is 0. The van der Waals surface area contributed by atoms with Crippen molar-refractivity contribution in [3.8, 4) is 0 Å². The molecule has 0 aromatic heterocycles. The zero-order valence-electron chi connectivity index (χ0n) is 16.5. The minimum Gasteiger partial charge on any atom is -0.507 e. The molecule has 0 aromatic carbocycles. The molecule has 0 fully saturated rings. The highest BCUT2D eigenvalue weighted by Crippen LogP contribution is 2.15. The number of nitrogens with zero attached hydrogens (tertiary/aromatic N) is 1. The molecule has 0 radical (unpaired) electrons. The van der Waals surface area contributed by atoms with Gasteiger partial charge in [-0.1, -0.05) is 39.5 Å². The number of rotatable bonds is 16. The van der Waals surface area contributed by atoms with Gasteiger partial charge in [0.15, 0.2) is 6.54 Å². The van der Waals surface area contributed by atoms with Crippen molar-refractivity contribution in [3.05, 3.63) is 23.7 Å². The summed E-state index contributed by atoms with van der Waals surface area (Å²) in [6.07, 6.45) is 11.2. The highest BCUT2D eigenvalue weighted by Gasteiger charge is 2.32. The van der Waals surface area contributed by atoms with Crippen LogP contribution in [0.4, 0.5) is 0 Å². The minimum atomic E-state index is -1.02. The second-order valence-electron chi connectivity index (χ2n) is 7.04. The van der Waals surface area contributed by atoms with Crippen molar-refractivity contribution in [1.82, 2.24) is 0 Å². The van der Waals surface area contributed by atoms with Crippen molar-refractivity contribution in [2.24, 2.45) is 0 Å². The van der Waals surface area contributed by atoms with Crippen molar-refractivity contribution in [2.75, 3.05) is 32.8 Å². The lowest BCUT2D eigenvalue weighted by Gasteiger charge is -2.36. The van der Waals surface area contributed by atoms with Crippen LogP contribution < -0.4 is 0 Å². The zero-order chi connectivity index (χ0) is 19.8. The topological polar surface area (TPSA) is 98.0 Å². The van der Waals surface area contributed by atoms with E-state index in [9.17, 15) is 25.2 Å². The maximum Gasteiger partial charge on any atom is 0.359 e. The molecule has 0 aliphatic heterocycles. The van der Waals surface area contributed by atoms with E-state index >= 15 is 0 Å². The smallest absolute Gasteiger partial charge is 0.359 e. The first kappa shape index (κ1) is 24.5. The van der Waals surface area contributed by atoms with E-state index in [0.29, 0.717) is 0 Å². The second-order valence-corrected chi connectivity index (χ2v) is 7.04. The van der Waals surface area contributed by atoms with Crippen LogP contribution in [0.5, 0.6) is 0 Å². The van der Waals surface area contributed by atoms with Crippen molar-refractivity contribution in [2.45, 2.75) is 65.2 Å². The first-order valence-corrected chi connectivity index (χ1v) is 9.82. The van der Waals surface area contributed by atoms with Crippen LogP contribution >= 0.6 is 0 Å². The second kappa shape index (κ2) is 14.6. The van der Waals surface area contributed by atoms with Gasteiger partial charge in [0.05, 0.1) is 6.61 Å². The van der Waals surface area contributed by atoms with E-state index in [-0.39, 0.29) is 48.8 Å². The Morgan fingerprint density at radius 3 is 1.62 bits per heavy atom. The third-order valence-corrected chi connectivity index (χ3v) is 4.42. The molecule has 4 N–H and O–H groups in total. The average molecular weight is 373 g/mol. The predicted molar refractivity (Wildman–Crippen MR) is 104 cm³/mol. The molecule has 0 unspecified atom stereocenters. The summed E-state index contributed by atoms with van der Waals surface area (Å²) >= 11 is 0. The molecular weight excluding hydrogens is 334 g/mol. The summed E-state index contributed by atoms with van der Waals surface area (Å²) in [4.78, 5) is 11.4. The van der Waals surface area contributed by atoms with Crippen LogP contribution in [0.1, 0.15) is 65.2 Å².